The summed E-state index contributed by atoms with van der Waals surface area (Å²) in [5, 5.41) is 6.52. The molecule has 0 unspecified atom stereocenters. The molecule has 32 heavy (non-hydrogen) atoms. The Hall–Kier alpha value is -3.64. The minimum Gasteiger partial charge on any atom is -0.338 e. The summed E-state index contributed by atoms with van der Waals surface area (Å²) in [5.41, 5.74) is 2.99. The number of benzene rings is 3. The monoisotopic (exact) mass is 446 g/mol. The summed E-state index contributed by atoms with van der Waals surface area (Å²) in [7, 11) is 0. The lowest BCUT2D eigenvalue weighted by Gasteiger charge is -2.15. The Labute approximate surface area is 190 Å². The first-order chi connectivity index (χ1) is 15.5. The van der Waals surface area contributed by atoms with E-state index < -0.39 is 0 Å². The summed E-state index contributed by atoms with van der Waals surface area (Å²) in [6.07, 6.45) is 0.526. The Balaban J connectivity index is 1.79. The second-order valence-electron chi connectivity index (χ2n) is 7.42. The quantitative estimate of drug-likeness (QED) is 0.445. The minimum atomic E-state index is -0.318. The summed E-state index contributed by atoms with van der Waals surface area (Å²) >= 11 is 6.02. The Morgan fingerprint density at radius 2 is 1.75 bits per heavy atom. The number of urea groups is 1. The van der Waals surface area contributed by atoms with Gasteiger partial charge >= 0.3 is 6.03 Å². The molecule has 6 nitrogen and oxygen atoms in total. The van der Waals surface area contributed by atoms with Crippen molar-refractivity contribution in [3.05, 3.63) is 105 Å². The van der Waals surface area contributed by atoms with Crippen LogP contribution >= 0.6 is 11.6 Å². The number of carbonyl (C=O) groups excluding carboxylic acids is 1. The second kappa shape index (κ2) is 9.66. The van der Waals surface area contributed by atoms with Gasteiger partial charge in [-0.3, -0.25) is 9.36 Å². The summed E-state index contributed by atoms with van der Waals surface area (Å²) in [4.78, 5) is 30.2. The van der Waals surface area contributed by atoms with E-state index in [4.69, 9.17) is 16.6 Å². The fourth-order valence-electron chi connectivity index (χ4n) is 3.53. The van der Waals surface area contributed by atoms with Crippen molar-refractivity contribution in [3.63, 3.8) is 0 Å². The average Bonchev–Trinajstić information content (AvgIpc) is 2.79. The van der Waals surface area contributed by atoms with Crippen molar-refractivity contribution in [2.75, 3.05) is 11.9 Å². The normalized spacial score (nSPS) is 10.8. The van der Waals surface area contributed by atoms with Crippen molar-refractivity contribution < 1.29 is 4.79 Å². The van der Waals surface area contributed by atoms with Gasteiger partial charge in [0.2, 0.25) is 0 Å². The van der Waals surface area contributed by atoms with E-state index in [1.54, 1.807) is 22.8 Å². The number of aromatic nitrogens is 2. The Morgan fingerprint density at radius 1 is 1.00 bits per heavy atom. The molecule has 4 aromatic rings. The first-order valence-corrected chi connectivity index (χ1v) is 10.8. The number of nitrogens with one attached hydrogen (secondary N) is 2. The van der Waals surface area contributed by atoms with Crippen LogP contribution in [0.25, 0.3) is 10.9 Å². The highest BCUT2D eigenvalue weighted by molar-refractivity contribution is 6.30. The van der Waals surface area contributed by atoms with Crippen molar-refractivity contribution in [1.29, 1.82) is 0 Å². The third-order valence-corrected chi connectivity index (χ3v) is 5.34. The maximum absolute atomic E-state index is 13.5. The molecule has 4 rings (SSSR count). The minimum absolute atomic E-state index is 0.157. The van der Waals surface area contributed by atoms with Gasteiger partial charge in [0.15, 0.2) is 0 Å². The maximum Gasteiger partial charge on any atom is 0.319 e. The summed E-state index contributed by atoms with van der Waals surface area (Å²) < 4.78 is 1.69. The molecule has 0 aliphatic heterocycles. The third kappa shape index (κ3) is 4.98. The van der Waals surface area contributed by atoms with Crippen LogP contribution in [0.2, 0.25) is 5.02 Å². The molecule has 0 spiro atoms. The lowest BCUT2D eigenvalue weighted by molar-refractivity contribution is 0.252. The van der Waals surface area contributed by atoms with Gasteiger partial charge in [-0.1, -0.05) is 54.1 Å². The van der Waals surface area contributed by atoms with Gasteiger partial charge in [0.05, 0.1) is 17.4 Å². The zero-order chi connectivity index (χ0) is 22.5. The first-order valence-electron chi connectivity index (χ1n) is 10.4. The van der Waals surface area contributed by atoms with E-state index in [0.717, 1.165) is 11.1 Å². The largest absolute Gasteiger partial charge is 0.338 e. The van der Waals surface area contributed by atoms with Crippen LogP contribution in [-0.2, 0) is 13.0 Å². The van der Waals surface area contributed by atoms with E-state index in [2.05, 4.69) is 10.6 Å². The molecule has 0 atom stereocenters. The lowest BCUT2D eigenvalue weighted by Crippen LogP contribution is -2.29. The van der Waals surface area contributed by atoms with Crippen LogP contribution in [0.4, 0.5) is 10.5 Å². The number of carbonyl (C=O) groups is 1. The number of halogens is 1. The number of fused-ring (bicyclic) bond motifs is 1. The molecule has 2 amide bonds. The van der Waals surface area contributed by atoms with Crippen LogP contribution in [0.3, 0.4) is 0 Å². The van der Waals surface area contributed by atoms with Crippen LogP contribution in [0.5, 0.6) is 0 Å². The molecule has 1 aromatic heterocycles. The number of nitrogens with zero attached hydrogens (tertiary/aromatic N) is 2. The van der Waals surface area contributed by atoms with E-state index in [9.17, 15) is 9.59 Å². The number of rotatable bonds is 6. The van der Waals surface area contributed by atoms with Gasteiger partial charge in [0.1, 0.15) is 5.82 Å². The zero-order valence-corrected chi connectivity index (χ0v) is 18.4. The predicted octanol–water partition coefficient (Wildman–Crippen LogP) is 4.83. The van der Waals surface area contributed by atoms with Gasteiger partial charge < -0.3 is 10.6 Å². The van der Waals surface area contributed by atoms with Crippen LogP contribution in [0, 0.1) is 0 Å². The van der Waals surface area contributed by atoms with Crippen molar-refractivity contribution in [2.45, 2.75) is 19.9 Å². The molecule has 0 saturated carbocycles. The smallest absolute Gasteiger partial charge is 0.319 e. The van der Waals surface area contributed by atoms with Crippen LogP contribution in [0.15, 0.2) is 77.6 Å². The average molecular weight is 447 g/mol. The third-order valence-electron chi connectivity index (χ3n) is 5.09. The van der Waals surface area contributed by atoms with E-state index in [0.29, 0.717) is 46.9 Å². The van der Waals surface area contributed by atoms with Crippen molar-refractivity contribution in [1.82, 2.24) is 14.9 Å². The Bertz CT molecular complexity index is 1300. The zero-order valence-electron chi connectivity index (χ0n) is 17.6. The van der Waals surface area contributed by atoms with E-state index in [1.165, 1.54) is 0 Å². The predicted molar refractivity (Wildman–Crippen MR) is 129 cm³/mol. The molecule has 162 valence electrons. The van der Waals surface area contributed by atoms with Gasteiger partial charge in [-0.25, -0.2) is 9.78 Å². The lowest BCUT2D eigenvalue weighted by atomic mass is 10.1. The molecule has 7 heteroatoms. The second-order valence-corrected chi connectivity index (χ2v) is 7.86. The van der Waals surface area contributed by atoms with E-state index in [-0.39, 0.29) is 11.6 Å². The van der Waals surface area contributed by atoms with Crippen LogP contribution in [-0.4, -0.2) is 22.1 Å². The Kier molecular flexibility index (Phi) is 6.52. The summed E-state index contributed by atoms with van der Waals surface area (Å²) in [6, 6.07) is 22.2. The molecular formula is C25H23ClN4O2. The molecule has 0 radical (unpaired) electrons. The molecule has 0 saturated heterocycles. The number of anilines is 1. The van der Waals surface area contributed by atoms with Gasteiger partial charge in [-0.05, 0) is 48.4 Å². The van der Waals surface area contributed by atoms with Crippen LogP contribution < -0.4 is 16.2 Å². The fraction of sp³-hybridized carbons (Fsp3) is 0.160. The standard InChI is InChI=1S/C25H23ClN4O2/c1-2-27-25(32)28-20-12-13-22-21(15-20)24(31)30(16-18-8-10-19(26)11-9-18)23(29-22)14-17-6-4-3-5-7-17/h3-13,15H,2,14,16H2,1H3,(H2,27,28,32). The fourth-order valence-corrected chi connectivity index (χ4v) is 3.66. The molecule has 0 fully saturated rings. The molecule has 3 aromatic carbocycles. The highest BCUT2D eigenvalue weighted by atomic mass is 35.5. The topological polar surface area (TPSA) is 76.0 Å². The number of amides is 2. The molecule has 2 N–H and O–H groups in total. The number of hydrogen-bond acceptors (Lipinski definition) is 3. The van der Waals surface area contributed by atoms with Crippen LogP contribution in [0.1, 0.15) is 23.9 Å². The van der Waals surface area contributed by atoms with Crippen molar-refractivity contribution in [2.24, 2.45) is 0 Å². The molecule has 0 aliphatic carbocycles. The maximum atomic E-state index is 13.5. The highest BCUT2D eigenvalue weighted by Gasteiger charge is 2.14. The van der Waals surface area contributed by atoms with Gasteiger partial charge in [-0.2, -0.15) is 0 Å². The molecular weight excluding hydrogens is 424 g/mol. The van der Waals surface area contributed by atoms with Crippen molar-refractivity contribution >= 4 is 34.2 Å². The summed E-state index contributed by atoms with van der Waals surface area (Å²) in [5.74, 6) is 0.674. The number of hydrogen-bond donors (Lipinski definition) is 2. The molecule has 0 bridgehead atoms. The van der Waals surface area contributed by atoms with Gasteiger partial charge in [0, 0.05) is 23.7 Å². The van der Waals surface area contributed by atoms with Gasteiger partial charge in [-0.15, -0.1) is 0 Å². The van der Waals surface area contributed by atoms with Crippen molar-refractivity contribution in [3.8, 4) is 0 Å². The molecule has 0 aliphatic rings. The Morgan fingerprint density at radius 3 is 2.47 bits per heavy atom. The SMILES string of the molecule is CCNC(=O)Nc1ccc2nc(Cc3ccccc3)n(Cc3ccc(Cl)cc3)c(=O)c2c1. The van der Waals surface area contributed by atoms with E-state index in [1.807, 2.05) is 61.5 Å². The van der Waals surface area contributed by atoms with Gasteiger partial charge in [0.25, 0.3) is 5.56 Å². The highest BCUT2D eigenvalue weighted by Crippen LogP contribution is 2.18. The van der Waals surface area contributed by atoms with E-state index >= 15 is 0 Å². The summed E-state index contributed by atoms with van der Waals surface area (Å²) in [6.45, 7) is 2.72. The molecule has 1 heterocycles. The first kappa shape index (κ1) is 21.6.